The van der Waals surface area contributed by atoms with Gasteiger partial charge in [-0.3, -0.25) is 9.69 Å². The third kappa shape index (κ3) is 3.58. The Balaban J connectivity index is 1.66. The number of nitrogens with zero attached hydrogens (tertiary/aromatic N) is 1. The van der Waals surface area contributed by atoms with Crippen LogP contribution >= 0.6 is 0 Å². The molecule has 35 heavy (non-hydrogen) atoms. The average Bonchev–Trinajstić information content (AvgIpc) is 2.81. The maximum atomic E-state index is 14.0. The molecule has 7 heteroatoms. The van der Waals surface area contributed by atoms with E-state index in [2.05, 4.69) is 10.6 Å². The van der Waals surface area contributed by atoms with Crippen molar-refractivity contribution in [2.24, 2.45) is 5.92 Å². The summed E-state index contributed by atoms with van der Waals surface area (Å²) in [5.41, 5.74) is 3.77. The number of rotatable bonds is 4. The summed E-state index contributed by atoms with van der Waals surface area (Å²) in [5.74, 6) is 0.0844. The molecule has 5 rings (SSSR count). The van der Waals surface area contributed by atoms with Crippen LogP contribution < -0.4 is 25.0 Å². The molecule has 2 heterocycles. The van der Waals surface area contributed by atoms with Gasteiger partial charge in [-0.15, -0.1) is 0 Å². The van der Waals surface area contributed by atoms with Crippen molar-refractivity contribution in [2.75, 3.05) is 17.3 Å². The molecule has 180 valence electrons. The van der Waals surface area contributed by atoms with Crippen LogP contribution in [-0.4, -0.2) is 24.8 Å². The molecule has 3 atom stereocenters. The molecule has 7 nitrogen and oxygen atoms in total. The molecule has 0 unspecified atom stereocenters. The number of nitrogens with one attached hydrogen (secondary N) is 2. The van der Waals surface area contributed by atoms with Crippen molar-refractivity contribution < 1.29 is 19.1 Å². The zero-order valence-electron chi connectivity index (χ0n) is 20.5. The topological polar surface area (TPSA) is 79.9 Å². The molecule has 2 N–H and O–H groups in total. The van der Waals surface area contributed by atoms with Crippen LogP contribution in [0, 0.1) is 26.7 Å². The molecular weight excluding hydrogens is 442 g/mol. The Morgan fingerprint density at radius 2 is 1.83 bits per heavy atom. The first-order valence-electron chi connectivity index (χ1n) is 11.6. The van der Waals surface area contributed by atoms with E-state index in [0.29, 0.717) is 22.7 Å². The van der Waals surface area contributed by atoms with Gasteiger partial charge in [0, 0.05) is 11.3 Å². The van der Waals surface area contributed by atoms with E-state index in [9.17, 15) is 9.59 Å². The summed E-state index contributed by atoms with van der Waals surface area (Å²) < 4.78 is 12.2. The van der Waals surface area contributed by atoms with Crippen molar-refractivity contribution in [3.05, 3.63) is 82.9 Å². The summed E-state index contributed by atoms with van der Waals surface area (Å²) in [6.45, 7) is 7.70. The van der Waals surface area contributed by atoms with E-state index in [0.717, 1.165) is 22.4 Å². The maximum Gasteiger partial charge on any atom is 0.325 e. The number of benzene rings is 3. The van der Waals surface area contributed by atoms with Gasteiger partial charge in [0.2, 0.25) is 11.6 Å². The van der Waals surface area contributed by atoms with Gasteiger partial charge in [-0.25, -0.2) is 4.79 Å². The van der Waals surface area contributed by atoms with Crippen molar-refractivity contribution >= 4 is 23.3 Å². The zero-order chi connectivity index (χ0) is 24.9. The molecule has 0 aromatic heterocycles. The molecular formula is C28H29N3O4. The van der Waals surface area contributed by atoms with Crippen LogP contribution in [0.4, 0.5) is 16.2 Å². The van der Waals surface area contributed by atoms with E-state index in [4.69, 9.17) is 9.47 Å². The Labute approximate surface area is 205 Å². The Bertz CT molecular complexity index is 1340. The van der Waals surface area contributed by atoms with Gasteiger partial charge in [0.25, 0.3) is 0 Å². The van der Waals surface area contributed by atoms with Gasteiger partial charge in [0.15, 0.2) is 11.5 Å². The number of para-hydroxylation sites is 2. The maximum absolute atomic E-state index is 14.0. The van der Waals surface area contributed by atoms with Crippen LogP contribution in [0.3, 0.4) is 0 Å². The summed E-state index contributed by atoms with van der Waals surface area (Å²) in [4.78, 5) is 29.0. The van der Waals surface area contributed by atoms with Gasteiger partial charge in [-0.05, 0) is 57.0 Å². The molecule has 3 amide bonds. The van der Waals surface area contributed by atoms with Gasteiger partial charge in [-0.2, -0.15) is 0 Å². The standard InChI is InChI=1S/C28H29N3O4/c1-16-13-14-20(18(3)15-16)29-26(32)23-24-19-10-8-12-22(34-5)25(19)35-28(23,4)31(27(33)30-24)21-11-7-6-9-17(21)2/h6-15,23-24H,1-5H3,(H,29,32)(H,30,33)/t23-,24+,28+/m0/s1. The molecule has 3 aromatic carbocycles. The highest BCUT2D eigenvalue weighted by atomic mass is 16.5. The molecule has 0 saturated carbocycles. The van der Waals surface area contributed by atoms with Crippen LogP contribution in [-0.2, 0) is 4.79 Å². The molecule has 0 radical (unpaired) electrons. The summed E-state index contributed by atoms with van der Waals surface area (Å²) >= 11 is 0. The SMILES string of the molecule is COc1cccc2c1O[C@]1(C)[C@H](C(=O)Nc3ccc(C)cc3C)[C@@H]2NC(=O)N1c1ccccc1C. The van der Waals surface area contributed by atoms with Crippen molar-refractivity contribution in [3.63, 3.8) is 0 Å². The number of hydrogen-bond donors (Lipinski definition) is 2. The summed E-state index contributed by atoms with van der Waals surface area (Å²) in [6, 6.07) is 18.1. The number of carbonyl (C=O) groups excluding carboxylic acids is 2. The van der Waals surface area contributed by atoms with Gasteiger partial charge in [0.05, 0.1) is 18.8 Å². The second kappa shape index (κ2) is 8.34. The Morgan fingerprint density at radius 3 is 2.54 bits per heavy atom. The number of fused-ring (bicyclic) bond motifs is 4. The van der Waals surface area contributed by atoms with Gasteiger partial charge in [-0.1, -0.05) is 48.0 Å². The number of hydrogen-bond acceptors (Lipinski definition) is 4. The molecule has 2 aliphatic rings. The van der Waals surface area contributed by atoms with Crippen molar-refractivity contribution in [3.8, 4) is 11.5 Å². The molecule has 1 fully saturated rings. The third-order valence-corrected chi connectivity index (χ3v) is 6.99. The fraction of sp³-hybridized carbons (Fsp3) is 0.286. The normalized spacial score (nSPS) is 22.5. The number of ether oxygens (including phenoxy) is 2. The molecule has 0 aliphatic carbocycles. The van der Waals surface area contributed by atoms with Gasteiger partial charge in [0.1, 0.15) is 5.92 Å². The number of methoxy groups -OCH3 is 1. The quantitative estimate of drug-likeness (QED) is 0.544. The summed E-state index contributed by atoms with van der Waals surface area (Å²) in [6.07, 6.45) is 0. The Kier molecular flexibility index (Phi) is 5.43. The highest BCUT2D eigenvalue weighted by Crippen LogP contribution is 2.52. The Hall–Kier alpha value is -4.00. The van der Waals surface area contributed by atoms with Crippen LogP contribution in [0.2, 0.25) is 0 Å². The fourth-order valence-electron chi connectivity index (χ4n) is 5.27. The van der Waals surface area contributed by atoms with E-state index in [-0.39, 0.29) is 11.9 Å². The number of anilines is 2. The minimum atomic E-state index is -1.32. The van der Waals surface area contributed by atoms with Crippen LogP contribution in [0.15, 0.2) is 60.7 Å². The lowest BCUT2D eigenvalue weighted by molar-refractivity contribution is -0.131. The first kappa shape index (κ1) is 22.8. The minimum Gasteiger partial charge on any atom is -0.493 e. The number of urea groups is 1. The molecule has 3 aromatic rings. The van der Waals surface area contributed by atoms with E-state index < -0.39 is 17.7 Å². The largest absolute Gasteiger partial charge is 0.493 e. The van der Waals surface area contributed by atoms with Gasteiger partial charge < -0.3 is 20.1 Å². The molecule has 2 aliphatic heterocycles. The lowest BCUT2D eigenvalue weighted by Gasteiger charge is -2.54. The predicted octanol–water partition coefficient (Wildman–Crippen LogP) is 5.25. The molecule has 1 saturated heterocycles. The lowest BCUT2D eigenvalue weighted by Crippen LogP contribution is -2.72. The second-order valence-corrected chi connectivity index (χ2v) is 9.37. The highest BCUT2D eigenvalue weighted by Gasteiger charge is 2.61. The van der Waals surface area contributed by atoms with Crippen LogP contribution in [0.5, 0.6) is 11.5 Å². The van der Waals surface area contributed by atoms with Crippen molar-refractivity contribution in [1.29, 1.82) is 0 Å². The van der Waals surface area contributed by atoms with Gasteiger partial charge >= 0.3 is 6.03 Å². The smallest absolute Gasteiger partial charge is 0.325 e. The van der Waals surface area contributed by atoms with Crippen LogP contribution in [0.1, 0.15) is 35.2 Å². The zero-order valence-corrected chi connectivity index (χ0v) is 20.5. The lowest BCUT2D eigenvalue weighted by atomic mass is 9.78. The van der Waals surface area contributed by atoms with E-state index in [1.807, 2.05) is 81.4 Å². The third-order valence-electron chi connectivity index (χ3n) is 6.99. The monoisotopic (exact) mass is 471 g/mol. The molecule has 2 bridgehead atoms. The second-order valence-electron chi connectivity index (χ2n) is 9.37. The molecule has 0 spiro atoms. The van der Waals surface area contributed by atoms with Crippen LogP contribution in [0.25, 0.3) is 0 Å². The number of aryl methyl sites for hydroxylation is 3. The van der Waals surface area contributed by atoms with E-state index in [1.54, 1.807) is 18.9 Å². The summed E-state index contributed by atoms with van der Waals surface area (Å²) in [7, 11) is 1.58. The highest BCUT2D eigenvalue weighted by molar-refractivity contribution is 6.02. The van der Waals surface area contributed by atoms with Crippen molar-refractivity contribution in [1.82, 2.24) is 5.32 Å². The predicted molar refractivity (Wildman–Crippen MR) is 135 cm³/mol. The number of carbonyl (C=O) groups is 2. The summed E-state index contributed by atoms with van der Waals surface area (Å²) in [5, 5.41) is 6.18. The van der Waals surface area contributed by atoms with E-state index >= 15 is 0 Å². The van der Waals surface area contributed by atoms with E-state index in [1.165, 1.54) is 0 Å². The fourth-order valence-corrected chi connectivity index (χ4v) is 5.27. The average molecular weight is 472 g/mol. The van der Waals surface area contributed by atoms with Crippen molar-refractivity contribution in [2.45, 2.75) is 39.5 Å². The number of amides is 3. The Morgan fingerprint density at radius 1 is 1.06 bits per heavy atom. The first-order valence-corrected chi connectivity index (χ1v) is 11.6. The minimum absolute atomic E-state index is 0.239. The first-order chi connectivity index (χ1) is 16.7.